The summed E-state index contributed by atoms with van der Waals surface area (Å²) in [6.07, 6.45) is 0. The van der Waals surface area contributed by atoms with Gasteiger partial charge in [-0.3, -0.25) is 14.2 Å². The number of thiazole rings is 1. The molecule has 5 rings (SSSR count). The molecule has 5 aromatic rings. The summed E-state index contributed by atoms with van der Waals surface area (Å²) in [5, 5.41) is 15.5. The second kappa shape index (κ2) is 12.6. The summed E-state index contributed by atoms with van der Waals surface area (Å²) in [4.78, 5) is 29.5. The molecule has 14 heteroatoms. The van der Waals surface area contributed by atoms with Gasteiger partial charge in [-0.2, -0.15) is 0 Å². The first kappa shape index (κ1) is 27.8. The van der Waals surface area contributed by atoms with E-state index in [1.165, 1.54) is 29.5 Å². The first-order valence-electron chi connectivity index (χ1n) is 11.7. The van der Waals surface area contributed by atoms with Gasteiger partial charge < -0.3 is 15.4 Å². The minimum atomic E-state index is -0.427. The molecule has 2 aromatic heterocycles. The molecular weight excluding hydrogens is 598 g/mol. The van der Waals surface area contributed by atoms with Gasteiger partial charge in [0, 0.05) is 10.7 Å². The number of aromatic nitrogens is 4. The number of anilines is 1. The van der Waals surface area contributed by atoms with Crippen LogP contribution in [0.15, 0.2) is 71.9 Å². The zero-order valence-electron chi connectivity index (χ0n) is 20.4. The van der Waals surface area contributed by atoms with Crippen molar-refractivity contribution >= 4 is 73.5 Å². The van der Waals surface area contributed by atoms with Crippen molar-refractivity contribution in [2.24, 2.45) is 0 Å². The van der Waals surface area contributed by atoms with Crippen LogP contribution in [0.2, 0.25) is 10.0 Å². The van der Waals surface area contributed by atoms with Crippen LogP contribution in [0, 0.1) is 5.82 Å². The van der Waals surface area contributed by atoms with Gasteiger partial charge in [0.2, 0.25) is 5.91 Å². The van der Waals surface area contributed by atoms with Crippen LogP contribution in [0.5, 0.6) is 5.75 Å². The van der Waals surface area contributed by atoms with E-state index in [0.717, 1.165) is 22.0 Å². The van der Waals surface area contributed by atoms with Crippen molar-refractivity contribution in [2.75, 3.05) is 17.7 Å². The summed E-state index contributed by atoms with van der Waals surface area (Å²) in [6.45, 7) is -0.293. The lowest BCUT2D eigenvalue weighted by Gasteiger charge is -2.12. The van der Waals surface area contributed by atoms with Crippen molar-refractivity contribution in [1.29, 1.82) is 0 Å². The molecule has 0 aliphatic heterocycles. The SMILES string of the molecule is O=C(COc1ccc(Cl)cc1Cl)NCc1nnc(SCC(=O)Nc2nc3ccccc3s2)n1-c1ccc(F)cc1. The Bertz CT molecular complexity index is 1650. The van der Waals surface area contributed by atoms with Crippen molar-refractivity contribution in [3.05, 3.63) is 88.4 Å². The van der Waals surface area contributed by atoms with Crippen molar-refractivity contribution in [3.8, 4) is 11.4 Å². The van der Waals surface area contributed by atoms with Crippen LogP contribution >= 0.6 is 46.3 Å². The molecule has 0 unspecified atom stereocenters. The Balaban J connectivity index is 1.24. The first-order valence-corrected chi connectivity index (χ1v) is 14.2. The fourth-order valence-corrected chi connectivity index (χ4v) is 5.65. The predicted octanol–water partition coefficient (Wildman–Crippen LogP) is 5.75. The van der Waals surface area contributed by atoms with Crippen molar-refractivity contribution in [2.45, 2.75) is 11.7 Å². The van der Waals surface area contributed by atoms with Crippen LogP contribution in [0.3, 0.4) is 0 Å². The van der Waals surface area contributed by atoms with Gasteiger partial charge in [0.25, 0.3) is 5.91 Å². The Morgan fingerprint density at radius 1 is 1.02 bits per heavy atom. The number of benzene rings is 3. The van der Waals surface area contributed by atoms with E-state index in [2.05, 4.69) is 25.8 Å². The minimum absolute atomic E-state index is 0.000614. The number of thioether (sulfide) groups is 1. The lowest BCUT2D eigenvalue weighted by Crippen LogP contribution is -2.29. The number of para-hydroxylation sites is 1. The van der Waals surface area contributed by atoms with Gasteiger partial charge in [-0.1, -0.05) is 58.4 Å². The third-order valence-electron chi connectivity index (χ3n) is 5.35. The van der Waals surface area contributed by atoms with E-state index in [9.17, 15) is 14.0 Å². The largest absolute Gasteiger partial charge is 0.482 e. The zero-order chi connectivity index (χ0) is 28.1. The lowest BCUT2D eigenvalue weighted by atomic mass is 10.3. The smallest absolute Gasteiger partial charge is 0.258 e. The minimum Gasteiger partial charge on any atom is -0.482 e. The van der Waals surface area contributed by atoms with Crippen LogP contribution in [0.4, 0.5) is 9.52 Å². The number of hydrogen-bond acceptors (Lipinski definition) is 8. The van der Waals surface area contributed by atoms with Gasteiger partial charge in [-0.05, 0) is 54.6 Å². The topological polar surface area (TPSA) is 111 Å². The molecule has 0 saturated carbocycles. The molecule has 0 spiro atoms. The number of nitrogens with one attached hydrogen (secondary N) is 2. The number of ether oxygens (including phenoxy) is 1. The Morgan fingerprint density at radius 2 is 1.82 bits per heavy atom. The third kappa shape index (κ3) is 6.89. The maximum atomic E-state index is 13.6. The number of hydrogen-bond donors (Lipinski definition) is 2. The maximum absolute atomic E-state index is 13.6. The molecular formula is C26H19Cl2FN6O3S2. The molecule has 0 atom stereocenters. The van der Waals surface area contributed by atoms with Gasteiger partial charge in [-0.25, -0.2) is 9.37 Å². The van der Waals surface area contributed by atoms with E-state index in [1.54, 1.807) is 28.8 Å². The summed E-state index contributed by atoms with van der Waals surface area (Å²) in [5.41, 5.74) is 1.37. The van der Waals surface area contributed by atoms with Crippen LogP contribution in [0.25, 0.3) is 15.9 Å². The monoisotopic (exact) mass is 616 g/mol. The van der Waals surface area contributed by atoms with Gasteiger partial charge in [0.15, 0.2) is 22.7 Å². The third-order valence-corrected chi connectivity index (χ3v) is 7.77. The number of carbonyl (C=O) groups is 2. The summed E-state index contributed by atoms with van der Waals surface area (Å²) >= 11 is 14.5. The van der Waals surface area contributed by atoms with Gasteiger partial charge >= 0.3 is 0 Å². The lowest BCUT2D eigenvalue weighted by molar-refractivity contribution is -0.123. The molecule has 0 bridgehead atoms. The molecule has 0 aliphatic rings. The van der Waals surface area contributed by atoms with Crippen LogP contribution in [-0.4, -0.2) is 43.9 Å². The number of nitrogens with zero attached hydrogens (tertiary/aromatic N) is 4. The van der Waals surface area contributed by atoms with E-state index in [4.69, 9.17) is 27.9 Å². The molecule has 0 aliphatic carbocycles. The first-order chi connectivity index (χ1) is 19.4. The molecule has 0 saturated heterocycles. The normalized spacial score (nSPS) is 11.0. The molecule has 2 amide bonds. The van der Waals surface area contributed by atoms with E-state index in [1.807, 2.05) is 24.3 Å². The molecule has 0 fully saturated rings. The predicted molar refractivity (Wildman–Crippen MR) is 154 cm³/mol. The number of halogens is 3. The molecule has 2 heterocycles. The Kier molecular flexibility index (Phi) is 8.80. The highest BCUT2D eigenvalue weighted by atomic mass is 35.5. The van der Waals surface area contributed by atoms with Crippen molar-refractivity contribution in [3.63, 3.8) is 0 Å². The molecule has 40 heavy (non-hydrogen) atoms. The fraction of sp³-hybridized carbons (Fsp3) is 0.115. The van der Waals surface area contributed by atoms with E-state index < -0.39 is 11.7 Å². The molecule has 9 nitrogen and oxygen atoms in total. The fourth-order valence-electron chi connectivity index (χ4n) is 3.53. The summed E-state index contributed by atoms with van der Waals surface area (Å²) < 4.78 is 21.7. The Morgan fingerprint density at radius 3 is 2.60 bits per heavy atom. The Labute approximate surface area is 245 Å². The van der Waals surface area contributed by atoms with Gasteiger partial charge in [0.05, 0.1) is 27.5 Å². The van der Waals surface area contributed by atoms with Crippen LogP contribution in [0.1, 0.15) is 5.82 Å². The summed E-state index contributed by atoms with van der Waals surface area (Å²) in [6, 6.07) is 18.0. The second-order valence-electron chi connectivity index (χ2n) is 8.17. The van der Waals surface area contributed by atoms with Crippen molar-refractivity contribution < 1.29 is 18.7 Å². The summed E-state index contributed by atoms with van der Waals surface area (Å²) in [7, 11) is 0. The van der Waals surface area contributed by atoms with E-state index in [-0.39, 0.29) is 29.8 Å². The quantitative estimate of drug-likeness (QED) is 0.192. The zero-order valence-corrected chi connectivity index (χ0v) is 23.6. The molecule has 3 aromatic carbocycles. The second-order valence-corrected chi connectivity index (χ2v) is 11.0. The average molecular weight is 618 g/mol. The molecule has 0 radical (unpaired) electrons. The number of carbonyl (C=O) groups excluding carboxylic acids is 2. The van der Waals surface area contributed by atoms with Crippen LogP contribution in [-0.2, 0) is 16.1 Å². The standard InChI is InChI=1S/C26H19Cl2FN6O3S2/c27-15-5-10-20(18(28)11-15)38-13-23(36)30-12-22-33-34-26(35(22)17-8-6-16(29)7-9-17)39-14-24(37)32-25-31-19-3-1-2-4-21(19)40-25/h1-11H,12-14H2,(H,30,36)(H,31,32,37). The van der Waals surface area contributed by atoms with E-state index in [0.29, 0.717) is 32.6 Å². The summed E-state index contributed by atoms with van der Waals surface area (Å²) in [5.74, 6) is -0.391. The van der Waals surface area contributed by atoms with Gasteiger partial charge in [-0.15, -0.1) is 10.2 Å². The van der Waals surface area contributed by atoms with E-state index >= 15 is 0 Å². The average Bonchev–Trinajstić information content (AvgIpc) is 3.54. The maximum Gasteiger partial charge on any atom is 0.258 e. The Hall–Kier alpha value is -3.71. The highest BCUT2D eigenvalue weighted by Crippen LogP contribution is 2.28. The molecule has 204 valence electrons. The number of amides is 2. The highest BCUT2D eigenvalue weighted by molar-refractivity contribution is 7.99. The highest BCUT2D eigenvalue weighted by Gasteiger charge is 2.18. The van der Waals surface area contributed by atoms with Crippen LogP contribution < -0.4 is 15.4 Å². The number of rotatable bonds is 10. The van der Waals surface area contributed by atoms with Crippen molar-refractivity contribution in [1.82, 2.24) is 25.1 Å². The molecule has 2 N–H and O–H groups in total. The number of fused-ring (bicyclic) bond motifs is 1. The van der Waals surface area contributed by atoms with Gasteiger partial charge in [0.1, 0.15) is 11.6 Å².